The molecule has 1 fully saturated rings. The summed E-state index contributed by atoms with van der Waals surface area (Å²) in [7, 11) is 0. The predicted molar refractivity (Wildman–Crippen MR) is 104 cm³/mol. The first kappa shape index (κ1) is 19.9. The Morgan fingerprint density at radius 2 is 1.69 bits per heavy atom. The number of rotatable bonds is 5. The van der Waals surface area contributed by atoms with Crippen molar-refractivity contribution in [2.45, 2.75) is 12.5 Å². The molecule has 2 amide bonds. The number of hydrogen-bond acceptors (Lipinski definition) is 3. The first-order chi connectivity index (χ1) is 12.2. The minimum atomic E-state index is -0.689. The number of carbonyl (C=O) groups excluding carboxylic acids is 2. The van der Waals surface area contributed by atoms with Crippen LogP contribution in [0.5, 0.6) is 0 Å². The molecule has 2 aromatic rings. The third kappa shape index (κ3) is 4.62. The van der Waals surface area contributed by atoms with Gasteiger partial charge in [-0.3, -0.25) is 9.59 Å². The molecule has 0 bridgehead atoms. The van der Waals surface area contributed by atoms with Crippen molar-refractivity contribution < 1.29 is 9.59 Å². The van der Waals surface area contributed by atoms with E-state index in [-0.39, 0.29) is 24.2 Å². The normalized spacial score (nSPS) is 17.3. The van der Waals surface area contributed by atoms with Crippen molar-refractivity contribution >= 4 is 24.2 Å². The average molecular weight is 374 g/mol. The molecule has 26 heavy (non-hydrogen) atoms. The number of nitrogens with one attached hydrogen (secondary N) is 1. The van der Waals surface area contributed by atoms with E-state index in [4.69, 9.17) is 5.73 Å². The van der Waals surface area contributed by atoms with E-state index >= 15 is 0 Å². The van der Waals surface area contributed by atoms with Crippen LogP contribution >= 0.6 is 12.4 Å². The second-order valence-corrected chi connectivity index (χ2v) is 6.36. The zero-order valence-corrected chi connectivity index (χ0v) is 15.3. The van der Waals surface area contributed by atoms with Crippen LogP contribution in [0.3, 0.4) is 0 Å². The van der Waals surface area contributed by atoms with E-state index in [1.165, 1.54) is 0 Å². The standard InChI is InChI=1S/C20H23N3O2.ClH/c21-13-15-11-12-23(14-15)20(25)18(16-7-3-1-4-8-16)22-19(24)17-9-5-2-6-10-17;/h1-10,15,18H,11-14,21H2,(H,22,24);1H. The molecule has 0 radical (unpaired) electrons. The van der Waals surface area contributed by atoms with Crippen molar-refractivity contribution in [2.24, 2.45) is 11.7 Å². The first-order valence-electron chi connectivity index (χ1n) is 8.58. The number of likely N-dealkylation sites (tertiary alicyclic amines) is 1. The largest absolute Gasteiger partial charge is 0.340 e. The Morgan fingerprint density at radius 3 is 2.27 bits per heavy atom. The molecule has 1 aliphatic heterocycles. The minimum Gasteiger partial charge on any atom is -0.340 e. The number of benzene rings is 2. The fraction of sp³-hybridized carbons (Fsp3) is 0.300. The maximum absolute atomic E-state index is 13.0. The summed E-state index contributed by atoms with van der Waals surface area (Å²) in [6.45, 7) is 1.92. The van der Waals surface area contributed by atoms with Gasteiger partial charge in [0, 0.05) is 18.7 Å². The highest BCUT2D eigenvalue weighted by atomic mass is 35.5. The molecule has 0 saturated carbocycles. The Labute approximate surface area is 160 Å². The average Bonchev–Trinajstić information content (AvgIpc) is 3.16. The third-order valence-corrected chi connectivity index (χ3v) is 4.62. The van der Waals surface area contributed by atoms with Gasteiger partial charge in [-0.1, -0.05) is 48.5 Å². The number of amides is 2. The lowest BCUT2D eigenvalue weighted by atomic mass is 10.0. The lowest BCUT2D eigenvalue weighted by Gasteiger charge is -2.25. The van der Waals surface area contributed by atoms with E-state index in [2.05, 4.69) is 5.32 Å². The molecule has 1 heterocycles. The highest BCUT2D eigenvalue weighted by molar-refractivity contribution is 5.97. The molecule has 3 N–H and O–H groups in total. The Balaban J connectivity index is 0.00000243. The summed E-state index contributed by atoms with van der Waals surface area (Å²) in [6.07, 6.45) is 0.913. The SMILES string of the molecule is Cl.NCC1CCN(C(=O)C(NC(=O)c2ccccc2)c2ccccc2)C1. The molecule has 1 saturated heterocycles. The van der Waals surface area contributed by atoms with E-state index in [1.807, 2.05) is 36.4 Å². The topological polar surface area (TPSA) is 75.4 Å². The van der Waals surface area contributed by atoms with Crippen molar-refractivity contribution in [1.82, 2.24) is 10.2 Å². The third-order valence-electron chi connectivity index (χ3n) is 4.62. The minimum absolute atomic E-state index is 0. The Kier molecular flexibility index (Phi) is 7.18. The second kappa shape index (κ2) is 9.36. The lowest BCUT2D eigenvalue weighted by Crippen LogP contribution is -2.42. The van der Waals surface area contributed by atoms with Crippen LogP contribution in [0.4, 0.5) is 0 Å². The van der Waals surface area contributed by atoms with E-state index in [0.717, 1.165) is 12.0 Å². The maximum atomic E-state index is 13.0. The van der Waals surface area contributed by atoms with Gasteiger partial charge in [0.25, 0.3) is 5.91 Å². The molecular formula is C20H24ClN3O2. The highest BCUT2D eigenvalue weighted by Crippen LogP contribution is 2.22. The van der Waals surface area contributed by atoms with Gasteiger partial charge in [0.2, 0.25) is 5.91 Å². The number of halogens is 1. The number of nitrogens with two attached hydrogens (primary N) is 1. The molecule has 6 heteroatoms. The number of hydrogen-bond donors (Lipinski definition) is 2. The maximum Gasteiger partial charge on any atom is 0.252 e. The molecule has 5 nitrogen and oxygen atoms in total. The summed E-state index contributed by atoms with van der Waals surface area (Å²) in [5.41, 5.74) is 7.06. The molecule has 0 aliphatic carbocycles. The summed E-state index contributed by atoms with van der Waals surface area (Å²) in [6, 6.07) is 17.6. The van der Waals surface area contributed by atoms with Gasteiger partial charge >= 0.3 is 0 Å². The quantitative estimate of drug-likeness (QED) is 0.844. The predicted octanol–water partition coefficient (Wildman–Crippen LogP) is 2.39. The van der Waals surface area contributed by atoms with E-state index in [1.54, 1.807) is 29.2 Å². The number of carbonyl (C=O) groups is 2. The van der Waals surface area contributed by atoms with Crippen LogP contribution in [-0.4, -0.2) is 36.3 Å². The van der Waals surface area contributed by atoms with Crippen LogP contribution in [0.25, 0.3) is 0 Å². The van der Waals surface area contributed by atoms with Gasteiger partial charge in [0.05, 0.1) is 0 Å². The Hall–Kier alpha value is -2.37. The fourth-order valence-corrected chi connectivity index (χ4v) is 3.14. The van der Waals surface area contributed by atoms with Crippen LogP contribution in [0, 0.1) is 5.92 Å². The van der Waals surface area contributed by atoms with Gasteiger partial charge in [-0.25, -0.2) is 0 Å². The van der Waals surface area contributed by atoms with Crippen molar-refractivity contribution in [3.8, 4) is 0 Å². The zero-order chi connectivity index (χ0) is 17.6. The molecule has 0 spiro atoms. The summed E-state index contributed by atoms with van der Waals surface area (Å²) in [5, 5.41) is 2.90. The van der Waals surface area contributed by atoms with Crippen LogP contribution in [0.15, 0.2) is 60.7 Å². The molecular weight excluding hydrogens is 350 g/mol. The molecule has 0 aromatic heterocycles. The Bertz CT molecular complexity index is 724. The summed E-state index contributed by atoms with van der Waals surface area (Å²) < 4.78 is 0. The van der Waals surface area contributed by atoms with Crippen molar-refractivity contribution in [1.29, 1.82) is 0 Å². The molecule has 2 atom stereocenters. The molecule has 2 aromatic carbocycles. The van der Waals surface area contributed by atoms with Gasteiger partial charge in [-0.15, -0.1) is 12.4 Å². The summed E-state index contributed by atoms with van der Waals surface area (Å²) in [4.78, 5) is 27.4. The monoisotopic (exact) mass is 373 g/mol. The van der Waals surface area contributed by atoms with Crippen molar-refractivity contribution in [3.63, 3.8) is 0 Å². The van der Waals surface area contributed by atoms with Crippen LogP contribution in [0.2, 0.25) is 0 Å². The zero-order valence-electron chi connectivity index (χ0n) is 14.5. The van der Waals surface area contributed by atoms with Crippen molar-refractivity contribution in [2.75, 3.05) is 19.6 Å². The smallest absolute Gasteiger partial charge is 0.252 e. The van der Waals surface area contributed by atoms with E-state index < -0.39 is 6.04 Å². The van der Waals surface area contributed by atoms with Gasteiger partial charge in [-0.2, -0.15) is 0 Å². The molecule has 138 valence electrons. The highest BCUT2D eigenvalue weighted by Gasteiger charge is 2.32. The summed E-state index contributed by atoms with van der Waals surface area (Å²) in [5.74, 6) is 0.00834. The van der Waals surface area contributed by atoms with Gasteiger partial charge < -0.3 is 16.0 Å². The van der Waals surface area contributed by atoms with Crippen LogP contribution < -0.4 is 11.1 Å². The first-order valence-corrected chi connectivity index (χ1v) is 8.58. The van der Waals surface area contributed by atoms with Crippen LogP contribution in [0.1, 0.15) is 28.4 Å². The van der Waals surface area contributed by atoms with E-state index in [0.29, 0.717) is 31.1 Å². The molecule has 3 rings (SSSR count). The van der Waals surface area contributed by atoms with Gasteiger partial charge in [0.15, 0.2) is 0 Å². The van der Waals surface area contributed by atoms with Gasteiger partial charge in [-0.05, 0) is 36.6 Å². The molecule has 2 unspecified atom stereocenters. The van der Waals surface area contributed by atoms with Gasteiger partial charge in [0.1, 0.15) is 6.04 Å². The molecule has 1 aliphatic rings. The van der Waals surface area contributed by atoms with Crippen LogP contribution in [-0.2, 0) is 4.79 Å². The Morgan fingerprint density at radius 1 is 1.08 bits per heavy atom. The van der Waals surface area contributed by atoms with Crippen molar-refractivity contribution in [3.05, 3.63) is 71.8 Å². The fourth-order valence-electron chi connectivity index (χ4n) is 3.14. The lowest BCUT2D eigenvalue weighted by molar-refractivity contribution is -0.132. The number of nitrogens with zero attached hydrogens (tertiary/aromatic N) is 1. The second-order valence-electron chi connectivity index (χ2n) is 6.36. The van der Waals surface area contributed by atoms with E-state index in [9.17, 15) is 9.59 Å². The summed E-state index contributed by atoms with van der Waals surface area (Å²) >= 11 is 0.